The third-order valence-electron chi connectivity index (χ3n) is 5.27. The van der Waals surface area contributed by atoms with Crippen LogP contribution in [0.4, 0.5) is 5.82 Å². The molecule has 1 saturated heterocycles. The van der Waals surface area contributed by atoms with Gasteiger partial charge in [0.15, 0.2) is 11.6 Å². The first-order valence-electron chi connectivity index (χ1n) is 9.91. The average molecular weight is 444 g/mol. The van der Waals surface area contributed by atoms with E-state index in [1.165, 1.54) is 23.5 Å². The number of aryl methyl sites for hydroxylation is 1. The molecule has 1 aromatic carbocycles. The van der Waals surface area contributed by atoms with Crippen LogP contribution in [0.25, 0.3) is 17.1 Å². The van der Waals surface area contributed by atoms with E-state index in [0.29, 0.717) is 17.1 Å². The van der Waals surface area contributed by atoms with Crippen LogP contribution in [0, 0.1) is 6.92 Å². The molecule has 0 unspecified atom stereocenters. The molecule has 4 rings (SSSR count). The molecule has 3 N–H and O–H groups in total. The highest BCUT2D eigenvalue weighted by molar-refractivity contribution is 7.89. The summed E-state index contributed by atoms with van der Waals surface area (Å²) in [5.41, 5.74) is 7.68. The lowest BCUT2D eigenvalue weighted by atomic mass is 10.1. The Morgan fingerprint density at radius 1 is 1.35 bits per heavy atom. The molecule has 2 aromatic heterocycles. The molecular weight excluding hydrogens is 418 g/mol. The Morgan fingerprint density at radius 3 is 2.84 bits per heavy atom. The summed E-state index contributed by atoms with van der Waals surface area (Å²) in [4.78, 5) is 12.8. The number of hydrogen-bond acceptors (Lipinski definition) is 8. The molecule has 0 radical (unpaired) electrons. The molecule has 1 atom stereocenters. The van der Waals surface area contributed by atoms with Crippen LogP contribution >= 0.6 is 0 Å². The van der Waals surface area contributed by atoms with Crippen LogP contribution in [0.15, 0.2) is 41.9 Å². The maximum absolute atomic E-state index is 12.9. The number of anilines is 1. The van der Waals surface area contributed by atoms with Crippen molar-refractivity contribution in [1.82, 2.24) is 29.5 Å². The first-order valence-corrected chi connectivity index (χ1v) is 11.4. The highest BCUT2D eigenvalue weighted by Gasteiger charge is 2.32. The summed E-state index contributed by atoms with van der Waals surface area (Å²) in [7, 11) is -3.72. The fourth-order valence-corrected chi connectivity index (χ4v) is 4.65. The number of ether oxygens (including phenoxy) is 1. The van der Waals surface area contributed by atoms with Crippen molar-refractivity contribution in [2.24, 2.45) is 0 Å². The normalized spacial score (nSPS) is 18.4. The van der Waals surface area contributed by atoms with Gasteiger partial charge in [0, 0.05) is 12.1 Å². The van der Waals surface area contributed by atoms with Crippen LogP contribution in [-0.2, 0) is 14.8 Å². The number of nitrogens with two attached hydrogens (primary N) is 1. The maximum Gasteiger partial charge on any atom is 0.240 e. The zero-order valence-electron chi connectivity index (χ0n) is 17.6. The Bertz CT molecular complexity index is 1190. The largest absolute Gasteiger partial charge is 0.381 e. The van der Waals surface area contributed by atoms with E-state index >= 15 is 0 Å². The van der Waals surface area contributed by atoms with Crippen LogP contribution < -0.4 is 10.5 Å². The molecule has 11 heteroatoms. The van der Waals surface area contributed by atoms with Crippen LogP contribution in [0.3, 0.4) is 0 Å². The summed E-state index contributed by atoms with van der Waals surface area (Å²) in [5.74, 6) is 0.513. The summed E-state index contributed by atoms with van der Waals surface area (Å²) in [6.45, 7) is 6.12. The highest BCUT2D eigenvalue weighted by atomic mass is 32.2. The van der Waals surface area contributed by atoms with E-state index in [1.54, 1.807) is 18.2 Å². The zero-order valence-corrected chi connectivity index (χ0v) is 18.4. The van der Waals surface area contributed by atoms with Gasteiger partial charge < -0.3 is 10.5 Å². The zero-order chi connectivity index (χ0) is 22.2. The first kappa shape index (κ1) is 21.3. The highest BCUT2D eigenvalue weighted by Crippen LogP contribution is 2.30. The molecule has 1 aliphatic heterocycles. The second-order valence-electron chi connectivity index (χ2n) is 8.17. The van der Waals surface area contributed by atoms with Gasteiger partial charge in [0.25, 0.3) is 0 Å². The van der Waals surface area contributed by atoms with Crippen molar-refractivity contribution in [3.8, 4) is 17.1 Å². The number of nitrogens with zero attached hydrogens (tertiary/aromatic N) is 5. The van der Waals surface area contributed by atoms with Gasteiger partial charge in [-0.15, -0.1) is 0 Å². The Kier molecular flexibility index (Phi) is 5.50. The molecule has 0 spiro atoms. The van der Waals surface area contributed by atoms with Crippen molar-refractivity contribution in [2.45, 2.75) is 50.2 Å². The van der Waals surface area contributed by atoms with Crippen LogP contribution in [0.2, 0.25) is 0 Å². The predicted octanol–water partition coefficient (Wildman–Crippen LogP) is 1.85. The Morgan fingerprint density at radius 2 is 2.16 bits per heavy atom. The summed E-state index contributed by atoms with van der Waals surface area (Å²) >= 11 is 0. The lowest BCUT2D eigenvalue weighted by molar-refractivity contribution is -0.0122. The third-order valence-corrected chi connectivity index (χ3v) is 6.69. The van der Waals surface area contributed by atoms with E-state index in [4.69, 9.17) is 10.5 Å². The van der Waals surface area contributed by atoms with Crippen molar-refractivity contribution in [3.63, 3.8) is 0 Å². The van der Waals surface area contributed by atoms with E-state index in [2.05, 4.69) is 24.8 Å². The van der Waals surface area contributed by atoms with E-state index in [9.17, 15) is 8.42 Å². The summed E-state index contributed by atoms with van der Waals surface area (Å²) in [6, 6.07) is 4.90. The Balaban J connectivity index is 1.61. The lowest BCUT2D eigenvalue weighted by Crippen LogP contribution is -2.33. The van der Waals surface area contributed by atoms with Gasteiger partial charge in [-0.2, -0.15) is 9.78 Å². The third kappa shape index (κ3) is 4.58. The van der Waals surface area contributed by atoms with Gasteiger partial charge in [-0.25, -0.2) is 28.1 Å². The minimum absolute atomic E-state index is 0.136. The fraction of sp³-hybridized carbons (Fsp3) is 0.400. The van der Waals surface area contributed by atoms with Crippen molar-refractivity contribution >= 4 is 15.8 Å². The number of aromatic nitrogens is 5. The van der Waals surface area contributed by atoms with Gasteiger partial charge in [-0.3, -0.25) is 0 Å². The van der Waals surface area contributed by atoms with Gasteiger partial charge >= 0.3 is 0 Å². The molecule has 3 aromatic rings. The maximum atomic E-state index is 12.9. The number of nitrogen functional groups attached to an aromatic ring is 1. The van der Waals surface area contributed by atoms with Gasteiger partial charge in [-0.1, -0.05) is 6.07 Å². The number of sulfonamides is 1. The molecule has 164 valence electrons. The van der Waals surface area contributed by atoms with Crippen LogP contribution in [-0.4, -0.2) is 51.4 Å². The molecule has 0 saturated carbocycles. The molecule has 3 heterocycles. The molecule has 1 aliphatic rings. The summed E-state index contributed by atoms with van der Waals surface area (Å²) in [5, 5.41) is 4.04. The second kappa shape index (κ2) is 7.98. The average Bonchev–Trinajstić information content (AvgIpc) is 3.37. The van der Waals surface area contributed by atoms with E-state index < -0.39 is 10.0 Å². The second-order valence-corrected chi connectivity index (χ2v) is 9.94. The Hall–Kier alpha value is -2.89. The van der Waals surface area contributed by atoms with Crippen LogP contribution in [0.5, 0.6) is 0 Å². The van der Waals surface area contributed by atoms with Gasteiger partial charge in [0.2, 0.25) is 10.0 Å². The van der Waals surface area contributed by atoms with Crippen molar-refractivity contribution in [1.29, 1.82) is 0 Å². The van der Waals surface area contributed by atoms with Crippen molar-refractivity contribution in [2.75, 3.05) is 12.3 Å². The minimum atomic E-state index is -3.72. The van der Waals surface area contributed by atoms with Crippen molar-refractivity contribution in [3.05, 3.63) is 42.6 Å². The molecular formula is C20H25N7O3S. The lowest BCUT2D eigenvalue weighted by Gasteiger charge is -2.19. The standard InChI is InChI=1S/C20H25N7O3S/c1-13-4-5-15(31(28,29)25-9-14-6-7-20(2,3)30-14)8-16(13)17-10-23-18(21)19(26-17)27-12-22-11-24-27/h4-5,8,10-12,14,25H,6-7,9H2,1-3H3,(H2,21,23)/t14-/m1/s1. The van der Waals surface area contributed by atoms with Gasteiger partial charge in [0.1, 0.15) is 12.7 Å². The number of hydrogen-bond donors (Lipinski definition) is 2. The topological polar surface area (TPSA) is 138 Å². The Labute approximate surface area is 180 Å². The quantitative estimate of drug-likeness (QED) is 0.589. The van der Waals surface area contributed by atoms with E-state index in [0.717, 1.165) is 18.4 Å². The van der Waals surface area contributed by atoms with Gasteiger partial charge in [-0.05, 0) is 51.3 Å². The van der Waals surface area contributed by atoms with Crippen LogP contribution in [0.1, 0.15) is 32.3 Å². The fourth-order valence-electron chi connectivity index (χ4n) is 3.56. The molecule has 0 aliphatic carbocycles. The van der Waals surface area contributed by atoms with Gasteiger partial charge in [0.05, 0.1) is 28.5 Å². The molecule has 10 nitrogen and oxygen atoms in total. The summed E-state index contributed by atoms with van der Waals surface area (Å²) < 4.78 is 35.8. The number of benzene rings is 1. The predicted molar refractivity (Wildman–Crippen MR) is 115 cm³/mol. The number of rotatable bonds is 6. The summed E-state index contributed by atoms with van der Waals surface area (Å²) in [6.07, 6.45) is 5.93. The van der Waals surface area contributed by atoms with E-state index in [-0.39, 0.29) is 29.0 Å². The molecule has 0 bridgehead atoms. The molecule has 1 fully saturated rings. The number of nitrogens with one attached hydrogen (secondary N) is 1. The smallest absolute Gasteiger partial charge is 0.240 e. The monoisotopic (exact) mass is 443 g/mol. The molecule has 0 amide bonds. The molecule has 31 heavy (non-hydrogen) atoms. The van der Waals surface area contributed by atoms with Crippen molar-refractivity contribution < 1.29 is 13.2 Å². The van der Waals surface area contributed by atoms with E-state index in [1.807, 2.05) is 20.8 Å². The first-order chi connectivity index (χ1) is 14.6. The minimum Gasteiger partial charge on any atom is -0.381 e. The SMILES string of the molecule is Cc1ccc(S(=O)(=O)NC[C@H]2CCC(C)(C)O2)cc1-c1cnc(N)c(-n2cncn2)n1.